The van der Waals surface area contributed by atoms with E-state index < -0.39 is 17.2 Å². The third kappa shape index (κ3) is 39.4. The van der Waals surface area contributed by atoms with E-state index >= 15 is 0 Å². The van der Waals surface area contributed by atoms with Crippen LogP contribution in [-0.4, -0.2) is 26.4 Å². The topological polar surface area (TPSA) is 55.4 Å². The van der Waals surface area contributed by atoms with E-state index in [1.165, 1.54) is 279 Å². The van der Waals surface area contributed by atoms with Gasteiger partial charge in [0, 0.05) is 5.92 Å². The van der Waals surface area contributed by atoms with Crippen LogP contribution in [0.1, 0.15) is 369 Å². The Bertz CT molecular complexity index is 1500. The number of rotatable bonds is 60. The fourth-order valence-electron chi connectivity index (χ4n) is 11.3. The predicted molar refractivity (Wildman–Crippen MR) is 353 cm³/mol. The van der Waals surface area contributed by atoms with Gasteiger partial charge in [-0.1, -0.05) is 310 Å². The smallest absolute Gasteiger partial charge is 0.397 e. The molecule has 0 spiro atoms. The van der Waals surface area contributed by atoms with Gasteiger partial charge in [-0.15, -0.1) is 0 Å². The molecule has 0 bridgehead atoms. The summed E-state index contributed by atoms with van der Waals surface area (Å²) in [5, 5.41) is 0. The van der Waals surface area contributed by atoms with Crippen molar-refractivity contribution >= 4 is 17.2 Å². The molecule has 0 atom stereocenters. The van der Waals surface area contributed by atoms with Gasteiger partial charge in [0.25, 0.3) is 0 Å². The summed E-state index contributed by atoms with van der Waals surface area (Å²) < 4.78 is 39.5. The molecular formula is C72H132O6P2. The average molecular weight is 1160 g/mol. The summed E-state index contributed by atoms with van der Waals surface area (Å²) in [5.41, 5.74) is 7.52. The van der Waals surface area contributed by atoms with Crippen LogP contribution < -0.4 is 9.05 Å². The van der Waals surface area contributed by atoms with E-state index in [1.807, 2.05) is 0 Å². The first kappa shape index (κ1) is 74.8. The Morgan fingerprint density at radius 2 is 0.475 bits per heavy atom. The summed E-state index contributed by atoms with van der Waals surface area (Å²) in [4.78, 5) is 0. The Morgan fingerprint density at radius 1 is 0.263 bits per heavy atom. The fraction of sp³-hybridized carbons (Fsp3) is 0.833. The maximum atomic E-state index is 6.75. The Balaban J connectivity index is 2.11. The molecule has 0 amide bonds. The van der Waals surface area contributed by atoms with Gasteiger partial charge in [-0.25, -0.2) is 0 Å². The highest BCUT2D eigenvalue weighted by Crippen LogP contribution is 2.47. The normalized spacial score (nSPS) is 11.8. The summed E-state index contributed by atoms with van der Waals surface area (Å²) in [5.74, 6) is 2.03. The van der Waals surface area contributed by atoms with E-state index in [-0.39, 0.29) is 5.92 Å². The van der Waals surface area contributed by atoms with Gasteiger partial charge in [-0.3, -0.25) is 0 Å². The van der Waals surface area contributed by atoms with Crippen LogP contribution in [0.4, 0.5) is 0 Å². The Morgan fingerprint density at radius 3 is 0.688 bits per heavy atom. The van der Waals surface area contributed by atoms with Crippen molar-refractivity contribution < 1.29 is 27.1 Å². The number of hydrogen-bond acceptors (Lipinski definition) is 6. The minimum absolute atomic E-state index is 0.257. The molecule has 0 saturated carbocycles. The van der Waals surface area contributed by atoms with Crippen LogP contribution in [0.2, 0.25) is 0 Å². The molecule has 2 rings (SSSR count). The van der Waals surface area contributed by atoms with Crippen LogP contribution in [0.15, 0.2) is 24.3 Å². The molecule has 0 heterocycles. The predicted octanol–water partition coefficient (Wildman–Crippen LogP) is 26.4. The van der Waals surface area contributed by atoms with Crippen LogP contribution in [0, 0.1) is 27.7 Å². The standard InChI is InChI=1S/C72H132O6P2/c1-10-15-19-23-27-31-35-39-43-47-51-56-73-79(74-57-52-48-44-40-36-32-28-24-20-16-11-2)77-71-62-64(6)69(60-66(71)8)68(55-14-5)70-61-67(9)72(63-65(70)7)78-80(75-58-53-49-45-41-37-33-29-25-21-17-12-3)76-59-54-50-46-42-38-34-30-26-22-18-13-4/h60-63,68H,10-59H2,1-9H3. The molecule has 0 radical (unpaired) electrons. The van der Waals surface area contributed by atoms with Crippen LogP contribution in [0.5, 0.6) is 11.5 Å². The number of aryl methyl sites for hydroxylation is 4. The molecule has 6 nitrogen and oxygen atoms in total. The molecule has 0 aliphatic heterocycles. The maximum absolute atomic E-state index is 6.75. The molecule has 2 aromatic carbocycles. The van der Waals surface area contributed by atoms with Crippen LogP contribution in [-0.2, 0) is 18.1 Å². The van der Waals surface area contributed by atoms with Crippen molar-refractivity contribution in [2.24, 2.45) is 0 Å². The lowest BCUT2D eigenvalue weighted by Crippen LogP contribution is -2.08. The molecule has 0 unspecified atom stereocenters. The molecule has 0 aromatic heterocycles. The molecule has 2 aromatic rings. The second-order valence-corrected chi connectivity index (χ2v) is 26.7. The number of unbranched alkanes of at least 4 members (excludes halogenated alkanes) is 40. The van der Waals surface area contributed by atoms with E-state index in [0.29, 0.717) is 26.4 Å². The summed E-state index contributed by atoms with van der Waals surface area (Å²) in [6.07, 6.45) is 60.3. The second kappa shape index (κ2) is 54.4. The minimum atomic E-state index is -1.49. The van der Waals surface area contributed by atoms with Crippen LogP contribution >= 0.6 is 17.2 Å². The van der Waals surface area contributed by atoms with Gasteiger partial charge in [0.1, 0.15) is 11.5 Å². The van der Waals surface area contributed by atoms with Crippen molar-refractivity contribution in [2.45, 2.75) is 364 Å². The molecule has 0 N–H and O–H groups in total. The molecule has 8 heteroatoms. The van der Waals surface area contributed by atoms with Gasteiger partial charge < -0.3 is 27.1 Å². The van der Waals surface area contributed by atoms with Crippen molar-refractivity contribution in [3.63, 3.8) is 0 Å². The first-order valence-electron chi connectivity index (χ1n) is 35.0. The first-order chi connectivity index (χ1) is 39.3. The van der Waals surface area contributed by atoms with Gasteiger partial charge in [-0.2, -0.15) is 0 Å². The van der Waals surface area contributed by atoms with Crippen LogP contribution in [0.3, 0.4) is 0 Å². The summed E-state index contributed by atoms with van der Waals surface area (Å²) in [6, 6.07) is 9.28. The van der Waals surface area contributed by atoms with E-state index in [0.717, 1.165) is 61.2 Å². The number of benzene rings is 2. The Labute approximate surface area is 501 Å². The number of hydrogen-bond donors (Lipinski definition) is 0. The van der Waals surface area contributed by atoms with Gasteiger partial charge in [0.05, 0.1) is 26.4 Å². The van der Waals surface area contributed by atoms with E-state index in [2.05, 4.69) is 86.6 Å². The van der Waals surface area contributed by atoms with Gasteiger partial charge in [-0.05, 0) is 105 Å². The first-order valence-corrected chi connectivity index (χ1v) is 37.2. The Kier molecular flexibility index (Phi) is 50.9. The largest absolute Gasteiger partial charge is 0.426 e. The third-order valence-electron chi connectivity index (χ3n) is 16.6. The van der Waals surface area contributed by atoms with Gasteiger partial charge in [0.2, 0.25) is 0 Å². The van der Waals surface area contributed by atoms with E-state index in [4.69, 9.17) is 27.1 Å². The highest BCUT2D eigenvalue weighted by atomic mass is 31.2. The monoisotopic (exact) mass is 1150 g/mol. The van der Waals surface area contributed by atoms with E-state index in [1.54, 1.807) is 0 Å². The summed E-state index contributed by atoms with van der Waals surface area (Å²) in [6.45, 7) is 23.2. The highest BCUT2D eigenvalue weighted by Gasteiger charge is 2.24. The lowest BCUT2D eigenvalue weighted by atomic mass is 9.82. The summed E-state index contributed by atoms with van der Waals surface area (Å²) >= 11 is 0. The molecule has 0 saturated heterocycles. The van der Waals surface area contributed by atoms with Crippen molar-refractivity contribution in [1.82, 2.24) is 0 Å². The SMILES string of the molecule is CCCCCCCCCCCCCOP(OCCCCCCCCCCCCC)Oc1cc(C)c(C(CCC)c2cc(C)c(OP(OCCCCCCCCCCCCC)OCCCCCCCCCCCCC)cc2C)cc1C. The van der Waals surface area contributed by atoms with Gasteiger partial charge in [0.15, 0.2) is 0 Å². The fourth-order valence-corrected chi connectivity index (χ4v) is 13.5. The zero-order valence-electron chi connectivity index (χ0n) is 54.6. The molecule has 80 heavy (non-hydrogen) atoms. The average Bonchev–Trinajstić information content (AvgIpc) is 3.45. The quantitative estimate of drug-likeness (QED) is 0.0486. The minimum Gasteiger partial charge on any atom is -0.426 e. The third-order valence-corrected chi connectivity index (χ3v) is 18.8. The zero-order chi connectivity index (χ0) is 57.8. The Hall–Kier alpha value is -1.26. The highest BCUT2D eigenvalue weighted by molar-refractivity contribution is 7.42. The van der Waals surface area contributed by atoms with Crippen molar-refractivity contribution in [1.29, 1.82) is 0 Å². The molecule has 0 fully saturated rings. The summed E-state index contributed by atoms with van der Waals surface area (Å²) in [7, 11) is -2.99. The zero-order valence-corrected chi connectivity index (χ0v) is 56.4. The van der Waals surface area contributed by atoms with Crippen molar-refractivity contribution in [3.05, 3.63) is 57.6 Å². The van der Waals surface area contributed by atoms with E-state index in [9.17, 15) is 0 Å². The maximum Gasteiger partial charge on any atom is 0.397 e. The lowest BCUT2D eigenvalue weighted by Gasteiger charge is -2.25. The molecule has 466 valence electrons. The molecular weight excluding hydrogens is 1020 g/mol. The second-order valence-electron chi connectivity index (χ2n) is 24.4. The lowest BCUT2D eigenvalue weighted by molar-refractivity contribution is 0.197. The molecule has 0 aliphatic carbocycles. The molecule has 0 aliphatic rings. The van der Waals surface area contributed by atoms with Crippen LogP contribution in [0.25, 0.3) is 0 Å². The van der Waals surface area contributed by atoms with Gasteiger partial charge >= 0.3 is 17.2 Å². The van der Waals surface area contributed by atoms with Crippen molar-refractivity contribution in [2.75, 3.05) is 26.4 Å². The van der Waals surface area contributed by atoms with Crippen molar-refractivity contribution in [3.8, 4) is 11.5 Å².